The van der Waals surface area contributed by atoms with E-state index in [1.807, 2.05) is 0 Å². The summed E-state index contributed by atoms with van der Waals surface area (Å²) < 4.78 is 0. The van der Waals surface area contributed by atoms with E-state index in [9.17, 15) is 9.59 Å². The fourth-order valence-corrected chi connectivity index (χ4v) is 0.913. The quantitative estimate of drug-likeness (QED) is 0.686. The van der Waals surface area contributed by atoms with Crippen LogP contribution in [-0.4, -0.2) is 38.0 Å². The van der Waals surface area contributed by atoms with E-state index in [0.29, 0.717) is 0 Å². The molecule has 0 spiro atoms. The molecule has 0 bridgehead atoms. The minimum atomic E-state index is -0.649. The van der Waals surface area contributed by atoms with Crippen molar-refractivity contribution in [3.05, 3.63) is 35.4 Å². The Morgan fingerprint density at radius 3 is 1.46 bits per heavy atom. The van der Waals surface area contributed by atoms with Gasteiger partial charge in [-0.15, -0.1) is 0 Å². The second kappa shape index (κ2) is 4.92. The van der Waals surface area contributed by atoms with Gasteiger partial charge in [0.05, 0.1) is 11.1 Å². The Bertz CT molecular complexity index is 306. The van der Waals surface area contributed by atoms with Gasteiger partial charge in [-0.3, -0.25) is 9.59 Å². The Kier molecular flexibility index (Phi) is 4.56. The maximum absolute atomic E-state index is 10.7. The Morgan fingerprint density at radius 2 is 1.23 bits per heavy atom. The largest absolute Gasteiger partial charge is 0.366 e. The van der Waals surface area contributed by atoms with Crippen molar-refractivity contribution in [1.29, 1.82) is 0 Å². The molecule has 67 valence electrons. The number of amides is 2. The molecule has 0 fully saturated rings. The van der Waals surface area contributed by atoms with E-state index in [0.717, 1.165) is 0 Å². The molecule has 0 aliphatic heterocycles. The Morgan fingerprint density at radius 1 is 0.923 bits per heavy atom. The minimum absolute atomic E-state index is 0. The van der Waals surface area contributed by atoms with Gasteiger partial charge in [-0.1, -0.05) is 12.1 Å². The number of carbonyl (C=O) groups excluding carboxylic acids is 2. The third kappa shape index (κ3) is 2.77. The first kappa shape index (κ1) is 12.0. The molecule has 0 heterocycles. The Hall–Kier alpha value is -0.957. The SMILES string of the molecule is NC(=O)c1ccccc1C(N)=O.[Bi]. The number of carbonyl (C=O) groups is 2. The van der Waals surface area contributed by atoms with Gasteiger partial charge < -0.3 is 11.5 Å². The molecule has 0 atom stereocenters. The Balaban J connectivity index is 0.00000144. The molecule has 13 heavy (non-hydrogen) atoms. The second-order valence-electron chi connectivity index (χ2n) is 2.27. The van der Waals surface area contributed by atoms with Crippen LogP contribution in [0.5, 0.6) is 0 Å². The van der Waals surface area contributed by atoms with Crippen LogP contribution in [-0.2, 0) is 0 Å². The first-order valence-corrected chi connectivity index (χ1v) is 3.31. The molecular weight excluding hydrogens is 365 g/mol. The van der Waals surface area contributed by atoms with Gasteiger partial charge >= 0.3 is 0 Å². The zero-order chi connectivity index (χ0) is 9.14. The van der Waals surface area contributed by atoms with Crippen molar-refractivity contribution in [1.82, 2.24) is 0 Å². The summed E-state index contributed by atoms with van der Waals surface area (Å²) >= 11 is 0. The zero-order valence-electron chi connectivity index (χ0n) is 6.73. The fraction of sp³-hybridized carbons (Fsp3) is 0. The summed E-state index contributed by atoms with van der Waals surface area (Å²) in [4.78, 5) is 21.5. The van der Waals surface area contributed by atoms with Gasteiger partial charge in [0, 0.05) is 26.2 Å². The van der Waals surface area contributed by atoms with E-state index >= 15 is 0 Å². The molecule has 0 aliphatic rings. The number of benzene rings is 1. The van der Waals surface area contributed by atoms with E-state index in [4.69, 9.17) is 11.5 Å². The second-order valence-corrected chi connectivity index (χ2v) is 2.27. The molecule has 0 saturated carbocycles. The monoisotopic (exact) mass is 373 g/mol. The summed E-state index contributed by atoms with van der Waals surface area (Å²) in [5.41, 5.74) is 10.3. The van der Waals surface area contributed by atoms with Crippen LogP contribution in [0.1, 0.15) is 20.7 Å². The average molecular weight is 373 g/mol. The van der Waals surface area contributed by atoms with E-state index < -0.39 is 11.8 Å². The van der Waals surface area contributed by atoms with Crippen LogP contribution < -0.4 is 11.5 Å². The van der Waals surface area contributed by atoms with Gasteiger partial charge in [0.15, 0.2) is 0 Å². The molecule has 0 aliphatic carbocycles. The van der Waals surface area contributed by atoms with Crippen LogP contribution in [0.15, 0.2) is 24.3 Å². The van der Waals surface area contributed by atoms with E-state index in [2.05, 4.69) is 0 Å². The van der Waals surface area contributed by atoms with Crippen molar-refractivity contribution in [2.75, 3.05) is 0 Å². The average Bonchev–Trinajstić information content (AvgIpc) is 2.04. The maximum Gasteiger partial charge on any atom is 0.249 e. The molecule has 1 rings (SSSR count). The van der Waals surface area contributed by atoms with Crippen molar-refractivity contribution in [2.24, 2.45) is 11.5 Å². The van der Waals surface area contributed by atoms with E-state index in [1.165, 1.54) is 12.1 Å². The number of rotatable bonds is 2. The van der Waals surface area contributed by atoms with Gasteiger partial charge in [0.1, 0.15) is 0 Å². The van der Waals surface area contributed by atoms with E-state index in [-0.39, 0.29) is 37.3 Å². The van der Waals surface area contributed by atoms with Crippen molar-refractivity contribution >= 4 is 38.0 Å². The van der Waals surface area contributed by atoms with Crippen molar-refractivity contribution in [3.8, 4) is 0 Å². The summed E-state index contributed by atoms with van der Waals surface area (Å²) in [5, 5.41) is 0. The fourth-order valence-electron chi connectivity index (χ4n) is 0.913. The van der Waals surface area contributed by atoms with E-state index in [1.54, 1.807) is 12.1 Å². The molecule has 1 aromatic rings. The number of hydrogen-bond donors (Lipinski definition) is 2. The molecule has 0 aromatic heterocycles. The van der Waals surface area contributed by atoms with Crippen LogP contribution in [0.2, 0.25) is 0 Å². The molecule has 0 unspecified atom stereocenters. The summed E-state index contributed by atoms with van der Waals surface area (Å²) in [6, 6.07) is 6.16. The number of hydrogen-bond acceptors (Lipinski definition) is 2. The predicted molar refractivity (Wildman–Crippen MR) is 49.2 cm³/mol. The summed E-state index contributed by atoms with van der Waals surface area (Å²) in [7, 11) is 0. The van der Waals surface area contributed by atoms with Gasteiger partial charge in [-0.25, -0.2) is 0 Å². The van der Waals surface area contributed by atoms with Crippen LogP contribution in [0.4, 0.5) is 0 Å². The van der Waals surface area contributed by atoms with Crippen LogP contribution in [0.3, 0.4) is 0 Å². The first-order chi connectivity index (χ1) is 5.63. The van der Waals surface area contributed by atoms with Crippen LogP contribution in [0.25, 0.3) is 0 Å². The number of nitrogens with two attached hydrogens (primary N) is 2. The molecule has 2 amide bonds. The minimum Gasteiger partial charge on any atom is -0.366 e. The molecule has 4 nitrogen and oxygen atoms in total. The molecule has 3 radical (unpaired) electrons. The Labute approximate surface area is 94.4 Å². The van der Waals surface area contributed by atoms with Crippen molar-refractivity contribution in [3.63, 3.8) is 0 Å². The van der Waals surface area contributed by atoms with Gasteiger partial charge in [0.25, 0.3) is 0 Å². The molecule has 5 heteroatoms. The predicted octanol–water partition coefficient (Wildman–Crippen LogP) is -0.496. The van der Waals surface area contributed by atoms with Gasteiger partial charge in [0.2, 0.25) is 11.8 Å². The van der Waals surface area contributed by atoms with Crippen LogP contribution in [0, 0.1) is 0 Å². The molecule has 0 saturated heterocycles. The summed E-state index contributed by atoms with van der Waals surface area (Å²) in [6.45, 7) is 0. The third-order valence-corrected chi connectivity index (χ3v) is 1.46. The standard InChI is InChI=1S/C8H8N2O2.Bi/c9-7(11)5-3-1-2-4-6(5)8(10)12;/h1-4H,(H2,9,11)(H2,10,12);. The van der Waals surface area contributed by atoms with Crippen molar-refractivity contribution in [2.45, 2.75) is 0 Å². The van der Waals surface area contributed by atoms with Crippen LogP contribution >= 0.6 is 0 Å². The number of primary amides is 2. The molecule has 1 aromatic carbocycles. The molecule has 4 N–H and O–H groups in total. The maximum atomic E-state index is 10.7. The van der Waals surface area contributed by atoms with Crippen molar-refractivity contribution < 1.29 is 9.59 Å². The van der Waals surface area contributed by atoms with Gasteiger partial charge in [-0.05, 0) is 12.1 Å². The van der Waals surface area contributed by atoms with Gasteiger partial charge in [-0.2, -0.15) is 0 Å². The summed E-state index contributed by atoms with van der Waals surface area (Å²) in [6.07, 6.45) is 0. The smallest absolute Gasteiger partial charge is 0.249 e. The first-order valence-electron chi connectivity index (χ1n) is 3.31. The topological polar surface area (TPSA) is 86.2 Å². The molecular formula is C8H8BiN2O2. The third-order valence-electron chi connectivity index (χ3n) is 1.46. The zero-order valence-corrected chi connectivity index (χ0v) is 10.2. The normalized spacial score (nSPS) is 8.62. The summed E-state index contributed by atoms with van der Waals surface area (Å²) in [5.74, 6) is -1.30.